The van der Waals surface area contributed by atoms with Gasteiger partial charge in [0.05, 0.1) is 7.11 Å². The van der Waals surface area contributed by atoms with Gasteiger partial charge in [0.2, 0.25) is 0 Å². The molecule has 1 aliphatic carbocycles. The molecule has 0 saturated carbocycles. The summed E-state index contributed by atoms with van der Waals surface area (Å²) in [6.45, 7) is 1.23. The van der Waals surface area contributed by atoms with Crippen molar-refractivity contribution >= 4 is 0 Å². The minimum atomic E-state index is 0.294. The number of nitrogens with zero attached hydrogens (tertiary/aromatic N) is 1. The normalized spacial score (nSPS) is 32.8. The van der Waals surface area contributed by atoms with E-state index in [0.29, 0.717) is 17.5 Å². The summed E-state index contributed by atoms with van der Waals surface area (Å²) in [6.07, 6.45) is 6.58. The third-order valence-electron chi connectivity index (χ3n) is 5.29. The standard InChI is InChI=1S/C16H21NO2/c1-19-15-8-10-6-11-7-12-4-2-3-5-17(12)16(11)13(10)9-14(15)18/h8-9,11-12,16,18H,2-7H2,1H3. The molecule has 4 rings (SSSR count). The highest BCUT2D eigenvalue weighted by atomic mass is 16.5. The van der Waals surface area contributed by atoms with E-state index in [1.807, 2.05) is 12.1 Å². The van der Waals surface area contributed by atoms with E-state index < -0.39 is 0 Å². The minimum Gasteiger partial charge on any atom is -0.504 e. The highest BCUT2D eigenvalue weighted by Crippen LogP contribution is 2.52. The summed E-state index contributed by atoms with van der Waals surface area (Å²) in [5.41, 5.74) is 2.74. The van der Waals surface area contributed by atoms with Crippen LogP contribution in [0.1, 0.15) is 42.9 Å². The Morgan fingerprint density at radius 2 is 2.21 bits per heavy atom. The van der Waals surface area contributed by atoms with Gasteiger partial charge in [-0.25, -0.2) is 0 Å². The van der Waals surface area contributed by atoms with Crippen molar-refractivity contribution in [3.8, 4) is 11.5 Å². The van der Waals surface area contributed by atoms with Gasteiger partial charge in [-0.05, 0) is 61.4 Å². The van der Waals surface area contributed by atoms with Gasteiger partial charge in [-0.15, -0.1) is 0 Å². The second-order valence-corrected chi connectivity index (χ2v) is 6.26. The number of ether oxygens (including phenoxy) is 1. The van der Waals surface area contributed by atoms with Gasteiger partial charge in [0.25, 0.3) is 0 Å². The molecule has 3 aliphatic rings. The van der Waals surface area contributed by atoms with E-state index in [4.69, 9.17) is 4.74 Å². The maximum Gasteiger partial charge on any atom is 0.160 e. The molecule has 0 aromatic heterocycles. The first-order valence-electron chi connectivity index (χ1n) is 7.43. The number of fused-ring (bicyclic) bond motifs is 5. The lowest BCUT2D eigenvalue weighted by Gasteiger charge is -2.34. The number of hydrogen-bond donors (Lipinski definition) is 1. The molecule has 0 bridgehead atoms. The van der Waals surface area contributed by atoms with Crippen molar-refractivity contribution in [3.63, 3.8) is 0 Å². The highest BCUT2D eigenvalue weighted by Gasteiger charge is 2.47. The quantitative estimate of drug-likeness (QED) is 0.841. The van der Waals surface area contributed by atoms with E-state index in [0.717, 1.165) is 18.4 Å². The van der Waals surface area contributed by atoms with E-state index in [9.17, 15) is 5.11 Å². The lowest BCUT2D eigenvalue weighted by molar-refractivity contribution is 0.145. The monoisotopic (exact) mass is 259 g/mol. The van der Waals surface area contributed by atoms with Crippen LogP contribution in [0, 0.1) is 5.92 Å². The summed E-state index contributed by atoms with van der Waals surface area (Å²) in [5.74, 6) is 1.67. The summed E-state index contributed by atoms with van der Waals surface area (Å²) in [4.78, 5) is 2.70. The zero-order valence-corrected chi connectivity index (χ0v) is 11.4. The van der Waals surface area contributed by atoms with Gasteiger partial charge in [0.15, 0.2) is 11.5 Å². The van der Waals surface area contributed by atoms with Crippen LogP contribution < -0.4 is 4.74 Å². The van der Waals surface area contributed by atoms with Crippen LogP contribution in [0.4, 0.5) is 0 Å². The van der Waals surface area contributed by atoms with Crippen molar-refractivity contribution in [1.29, 1.82) is 0 Å². The van der Waals surface area contributed by atoms with Gasteiger partial charge in [-0.2, -0.15) is 0 Å². The fourth-order valence-electron chi connectivity index (χ4n) is 4.54. The van der Waals surface area contributed by atoms with Crippen molar-refractivity contribution in [2.24, 2.45) is 5.92 Å². The van der Waals surface area contributed by atoms with Crippen LogP contribution in [0.3, 0.4) is 0 Å². The summed E-state index contributed by atoms with van der Waals surface area (Å²) < 4.78 is 5.24. The summed E-state index contributed by atoms with van der Waals surface area (Å²) in [7, 11) is 1.62. The number of phenols is 1. The molecule has 0 radical (unpaired) electrons. The van der Waals surface area contributed by atoms with E-state index in [2.05, 4.69) is 4.90 Å². The van der Waals surface area contributed by atoms with Crippen molar-refractivity contribution in [2.75, 3.05) is 13.7 Å². The third kappa shape index (κ3) is 1.61. The van der Waals surface area contributed by atoms with Crippen LogP contribution in [0.5, 0.6) is 11.5 Å². The molecule has 19 heavy (non-hydrogen) atoms. The molecular formula is C16H21NO2. The molecule has 2 heterocycles. The molecule has 1 N–H and O–H groups in total. The molecule has 3 nitrogen and oxygen atoms in total. The minimum absolute atomic E-state index is 0.294. The number of aromatic hydroxyl groups is 1. The third-order valence-corrected chi connectivity index (χ3v) is 5.29. The van der Waals surface area contributed by atoms with Crippen LogP contribution in [-0.2, 0) is 6.42 Å². The van der Waals surface area contributed by atoms with E-state index in [-0.39, 0.29) is 0 Å². The first-order valence-corrected chi connectivity index (χ1v) is 7.43. The Hall–Kier alpha value is -1.22. The van der Waals surface area contributed by atoms with Gasteiger partial charge in [0, 0.05) is 12.1 Å². The first kappa shape index (κ1) is 11.6. The average molecular weight is 259 g/mol. The lowest BCUT2D eigenvalue weighted by atomic mass is 9.97. The fourth-order valence-corrected chi connectivity index (χ4v) is 4.54. The predicted molar refractivity (Wildman–Crippen MR) is 73.6 cm³/mol. The zero-order valence-electron chi connectivity index (χ0n) is 11.4. The van der Waals surface area contributed by atoms with Crippen LogP contribution in [0.2, 0.25) is 0 Å². The molecule has 2 aliphatic heterocycles. The van der Waals surface area contributed by atoms with E-state index in [1.165, 1.54) is 43.4 Å². The average Bonchev–Trinajstić information content (AvgIpc) is 2.93. The largest absolute Gasteiger partial charge is 0.504 e. The molecule has 0 spiro atoms. The van der Waals surface area contributed by atoms with E-state index >= 15 is 0 Å². The Bertz CT molecular complexity index is 514. The Labute approximate surface area is 114 Å². The molecule has 2 saturated heterocycles. The summed E-state index contributed by atoms with van der Waals surface area (Å²) in [6, 6.07) is 5.34. The van der Waals surface area contributed by atoms with Crippen molar-refractivity contribution in [2.45, 2.75) is 44.2 Å². The molecule has 3 unspecified atom stereocenters. The van der Waals surface area contributed by atoms with Crippen molar-refractivity contribution in [1.82, 2.24) is 4.90 Å². The fraction of sp³-hybridized carbons (Fsp3) is 0.625. The molecule has 102 valence electrons. The van der Waals surface area contributed by atoms with Crippen LogP contribution in [0.25, 0.3) is 0 Å². The maximum atomic E-state index is 10.0. The van der Waals surface area contributed by atoms with Crippen LogP contribution in [0.15, 0.2) is 12.1 Å². The van der Waals surface area contributed by atoms with Gasteiger partial charge in [-0.3, -0.25) is 4.90 Å². The predicted octanol–water partition coefficient (Wildman–Crippen LogP) is 2.87. The molecule has 3 atom stereocenters. The van der Waals surface area contributed by atoms with Gasteiger partial charge < -0.3 is 9.84 Å². The Balaban J connectivity index is 1.74. The smallest absolute Gasteiger partial charge is 0.160 e. The number of hydrogen-bond acceptors (Lipinski definition) is 3. The van der Waals surface area contributed by atoms with Gasteiger partial charge in [0.1, 0.15) is 0 Å². The summed E-state index contributed by atoms with van der Waals surface area (Å²) in [5, 5.41) is 10.0. The zero-order chi connectivity index (χ0) is 13.0. The van der Waals surface area contributed by atoms with E-state index in [1.54, 1.807) is 7.11 Å². The lowest BCUT2D eigenvalue weighted by Crippen LogP contribution is -2.35. The molecule has 1 aromatic carbocycles. The molecule has 2 fully saturated rings. The van der Waals surface area contributed by atoms with Crippen molar-refractivity contribution < 1.29 is 9.84 Å². The topological polar surface area (TPSA) is 32.7 Å². The molecule has 3 heteroatoms. The Morgan fingerprint density at radius 3 is 3.05 bits per heavy atom. The number of rotatable bonds is 1. The summed E-state index contributed by atoms with van der Waals surface area (Å²) >= 11 is 0. The SMILES string of the molecule is COc1cc2c(cc1O)C1C(C2)CC2CCCCN21. The highest BCUT2D eigenvalue weighted by molar-refractivity contribution is 5.50. The van der Waals surface area contributed by atoms with Crippen LogP contribution in [-0.4, -0.2) is 29.7 Å². The molecule has 0 amide bonds. The number of methoxy groups -OCH3 is 1. The Morgan fingerprint density at radius 1 is 1.32 bits per heavy atom. The number of benzene rings is 1. The molecule has 1 aromatic rings. The first-order chi connectivity index (χ1) is 9.28. The van der Waals surface area contributed by atoms with Gasteiger partial charge in [-0.1, -0.05) is 6.42 Å². The van der Waals surface area contributed by atoms with Crippen LogP contribution >= 0.6 is 0 Å². The second-order valence-electron chi connectivity index (χ2n) is 6.26. The van der Waals surface area contributed by atoms with Gasteiger partial charge >= 0.3 is 0 Å². The maximum absolute atomic E-state index is 10.0. The number of piperidine rings is 1. The van der Waals surface area contributed by atoms with Crippen molar-refractivity contribution in [3.05, 3.63) is 23.3 Å². The Kier molecular flexibility index (Phi) is 2.52. The number of phenolic OH excluding ortho intramolecular Hbond substituents is 1. The second kappa shape index (κ2) is 4.14. The molecular weight excluding hydrogens is 238 g/mol.